The molecule has 4 rings (SSSR count). The number of halogens is 4. The average Bonchev–Trinajstić information content (AvgIpc) is 2.90. The van der Waals surface area contributed by atoms with Gasteiger partial charge in [0.15, 0.2) is 23.3 Å². The van der Waals surface area contributed by atoms with Crippen molar-refractivity contribution in [1.82, 2.24) is 0 Å². The topological polar surface area (TPSA) is 75.3 Å². The molecule has 0 saturated heterocycles. The summed E-state index contributed by atoms with van der Waals surface area (Å²) in [6.45, 7) is 1.84. The van der Waals surface area contributed by atoms with E-state index in [1.807, 2.05) is 12.2 Å². The average molecular weight is 561 g/mol. The van der Waals surface area contributed by atoms with Crippen LogP contribution >= 0.6 is 11.8 Å². The van der Waals surface area contributed by atoms with E-state index in [2.05, 4.69) is 4.72 Å². The van der Waals surface area contributed by atoms with Crippen LogP contribution < -0.4 is 10.0 Å². The summed E-state index contributed by atoms with van der Waals surface area (Å²) in [5, 5.41) is 0.889. The van der Waals surface area contributed by atoms with Crippen LogP contribution in [-0.2, 0) is 14.8 Å². The third-order valence-corrected chi connectivity index (χ3v) is 8.06. The van der Waals surface area contributed by atoms with Crippen molar-refractivity contribution in [3.05, 3.63) is 119 Å². The predicted octanol–water partition coefficient (Wildman–Crippen LogP) is 6.82. The highest BCUT2D eigenvalue weighted by molar-refractivity contribution is 8.00. The second kappa shape index (κ2) is 11.3. The summed E-state index contributed by atoms with van der Waals surface area (Å²) in [6, 6.07) is 20.7. The SMILES string of the molecule is Cc1ccc(S(=O)(=O)Nc2ccc(SC(C(=O)Nc3c(F)c(F)cc(F)c3F)c3ccccc3)cc2)cc1. The predicted molar refractivity (Wildman–Crippen MR) is 138 cm³/mol. The minimum absolute atomic E-state index is 0.0539. The summed E-state index contributed by atoms with van der Waals surface area (Å²) in [6.07, 6.45) is 0. The van der Waals surface area contributed by atoms with E-state index < -0.39 is 50.1 Å². The summed E-state index contributed by atoms with van der Waals surface area (Å²) >= 11 is 0.992. The van der Waals surface area contributed by atoms with Crippen molar-refractivity contribution < 1.29 is 30.8 Å². The number of hydrogen-bond acceptors (Lipinski definition) is 4. The smallest absolute Gasteiger partial charge is 0.261 e. The molecule has 38 heavy (non-hydrogen) atoms. The maximum atomic E-state index is 14.2. The molecule has 0 bridgehead atoms. The van der Waals surface area contributed by atoms with Crippen LogP contribution in [0.3, 0.4) is 0 Å². The van der Waals surface area contributed by atoms with Gasteiger partial charge in [-0.1, -0.05) is 48.0 Å². The van der Waals surface area contributed by atoms with Crippen LogP contribution in [0.4, 0.5) is 28.9 Å². The van der Waals surface area contributed by atoms with Gasteiger partial charge in [-0.25, -0.2) is 26.0 Å². The van der Waals surface area contributed by atoms with Gasteiger partial charge >= 0.3 is 0 Å². The van der Waals surface area contributed by atoms with E-state index in [9.17, 15) is 30.8 Å². The van der Waals surface area contributed by atoms with Gasteiger partial charge in [0, 0.05) is 16.6 Å². The first-order chi connectivity index (χ1) is 18.0. The van der Waals surface area contributed by atoms with Gasteiger partial charge in [-0.3, -0.25) is 9.52 Å². The van der Waals surface area contributed by atoms with Gasteiger partial charge in [0.05, 0.1) is 4.90 Å². The maximum absolute atomic E-state index is 14.2. The lowest BCUT2D eigenvalue weighted by molar-refractivity contribution is -0.115. The number of anilines is 2. The Morgan fingerprint density at radius 2 is 1.39 bits per heavy atom. The van der Waals surface area contributed by atoms with Crippen molar-refractivity contribution >= 4 is 39.1 Å². The minimum atomic E-state index is -3.83. The molecule has 4 aromatic rings. The molecule has 1 amide bonds. The number of carbonyl (C=O) groups excluding carboxylic acids is 1. The van der Waals surface area contributed by atoms with E-state index in [1.54, 1.807) is 54.6 Å². The highest BCUT2D eigenvalue weighted by Gasteiger charge is 2.27. The molecule has 0 heterocycles. The van der Waals surface area contributed by atoms with Crippen LogP contribution in [-0.4, -0.2) is 14.3 Å². The Hall–Kier alpha value is -3.83. The lowest BCUT2D eigenvalue weighted by Crippen LogP contribution is -2.21. The molecule has 0 radical (unpaired) electrons. The van der Waals surface area contributed by atoms with Gasteiger partial charge in [0.25, 0.3) is 10.0 Å². The highest BCUT2D eigenvalue weighted by atomic mass is 32.2. The molecule has 11 heteroatoms. The zero-order valence-corrected chi connectivity index (χ0v) is 21.3. The van der Waals surface area contributed by atoms with Gasteiger partial charge < -0.3 is 5.32 Å². The zero-order chi connectivity index (χ0) is 27.4. The van der Waals surface area contributed by atoms with Crippen molar-refractivity contribution in [1.29, 1.82) is 0 Å². The monoisotopic (exact) mass is 560 g/mol. The van der Waals surface area contributed by atoms with Crippen LogP contribution in [0.5, 0.6) is 0 Å². The molecule has 0 aliphatic heterocycles. The summed E-state index contributed by atoms with van der Waals surface area (Å²) in [7, 11) is -3.83. The number of thioether (sulfide) groups is 1. The Morgan fingerprint density at radius 1 is 0.816 bits per heavy atom. The lowest BCUT2D eigenvalue weighted by atomic mass is 10.1. The van der Waals surface area contributed by atoms with Crippen LogP contribution in [0.15, 0.2) is 94.7 Å². The van der Waals surface area contributed by atoms with E-state index in [-0.39, 0.29) is 16.6 Å². The summed E-state index contributed by atoms with van der Waals surface area (Å²) in [5.41, 5.74) is 0.414. The van der Waals surface area contributed by atoms with Gasteiger partial charge in [0.2, 0.25) is 5.91 Å². The van der Waals surface area contributed by atoms with Gasteiger partial charge in [-0.05, 0) is 48.9 Å². The molecule has 2 N–H and O–H groups in total. The normalized spacial score (nSPS) is 12.1. The van der Waals surface area contributed by atoms with E-state index >= 15 is 0 Å². The highest BCUT2D eigenvalue weighted by Crippen LogP contribution is 2.37. The van der Waals surface area contributed by atoms with E-state index in [1.165, 1.54) is 24.3 Å². The van der Waals surface area contributed by atoms with E-state index in [4.69, 9.17) is 0 Å². The Labute approximate surface area is 221 Å². The molecule has 196 valence electrons. The quantitative estimate of drug-likeness (QED) is 0.141. The van der Waals surface area contributed by atoms with Crippen molar-refractivity contribution in [2.45, 2.75) is 22.0 Å². The third kappa shape index (κ3) is 6.17. The molecule has 0 spiro atoms. The molecule has 0 aromatic heterocycles. The van der Waals surface area contributed by atoms with Crippen LogP contribution in [0, 0.1) is 30.2 Å². The number of rotatable bonds is 8. The zero-order valence-electron chi connectivity index (χ0n) is 19.7. The molecule has 1 unspecified atom stereocenters. The molecular formula is C27H20F4N2O3S2. The fourth-order valence-corrected chi connectivity index (χ4v) is 5.52. The van der Waals surface area contributed by atoms with Crippen molar-refractivity contribution in [2.24, 2.45) is 0 Å². The van der Waals surface area contributed by atoms with Gasteiger partial charge in [-0.15, -0.1) is 11.8 Å². The number of sulfonamides is 1. The van der Waals surface area contributed by atoms with Crippen molar-refractivity contribution in [3.63, 3.8) is 0 Å². The maximum Gasteiger partial charge on any atom is 0.261 e. The Kier molecular flexibility index (Phi) is 8.08. The Bertz CT molecular complexity index is 1540. The first-order valence-electron chi connectivity index (χ1n) is 11.1. The fraction of sp³-hybridized carbons (Fsp3) is 0.0741. The van der Waals surface area contributed by atoms with E-state index in [0.717, 1.165) is 17.3 Å². The molecule has 1 atom stereocenters. The molecule has 0 saturated carbocycles. The largest absolute Gasteiger partial charge is 0.320 e. The molecule has 0 aliphatic carbocycles. The van der Waals surface area contributed by atoms with Crippen molar-refractivity contribution in [3.8, 4) is 0 Å². The third-order valence-electron chi connectivity index (χ3n) is 5.39. The van der Waals surface area contributed by atoms with Crippen LogP contribution in [0.25, 0.3) is 0 Å². The van der Waals surface area contributed by atoms with Gasteiger partial charge in [0.1, 0.15) is 10.9 Å². The number of hydrogen-bond donors (Lipinski definition) is 2. The molecule has 5 nitrogen and oxygen atoms in total. The van der Waals surface area contributed by atoms with Gasteiger partial charge in [-0.2, -0.15) is 0 Å². The Balaban J connectivity index is 1.56. The van der Waals surface area contributed by atoms with Crippen LogP contribution in [0.1, 0.15) is 16.4 Å². The Morgan fingerprint density at radius 3 is 1.97 bits per heavy atom. The molecule has 0 fully saturated rings. The number of aryl methyl sites for hydroxylation is 1. The number of amides is 1. The summed E-state index contributed by atoms with van der Waals surface area (Å²) < 4.78 is 83.3. The van der Waals surface area contributed by atoms with Crippen LogP contribution in [0.2, 0.25) is 0 Å². The number of carbonyl (C=O) groups is 1. The fourth-order valence-electron chi connectivity index (χ4n) is 3.44. The van der Waals surface area contributed by atoms with Crippen molar-refractivity contribution in [2.75, 3.05) is 10.0 Å². The summed E-state index contributed by atoms with van der Waals surface area (Å²) in [4.78, 5) is 13.7. The molecule has 4 aromatic carbocycles. The first kappa shape index (κ1) is 27.2. The minimum Gasteiger partial charge on any atom is -0.320 e. The second-order valence-corrected chi connectivity index (χ2v) is 11.0. The standard InChI is InChI=1S/C27H20F4N2O3S2/c1-16-7-13-20(14-8-16)38(35,36)33-18-9-11-19(12-10-18)37-26(17-5-3-2-4-6-17)27(34)32-25-23(30)21(28)15-22(29)24(25)31/h2-15,26,33H,1H3,(H,32,34). The summed E-state index contributed by atoms with van der Waals surface area (Å²) in [5.74, 6) is -7.66. The second-order valence-electron chi connectivity index (χ2n) is 8.18. The molecular weight excluding hydrogens is 540 g/mol. The number of nitrogens with one attached hydrogen (secondary N) is 2. The molecule has 0 aliphatic rings. The number of benzene rings is 4. The lowest BCUT2D eigenvalue weighted by Gasteiger charge is -2.18. The van der Waals surface area contributed by atoms with E-state index in [0.29, 0.717) is 10.5 Å². The first-order valence-corrected chi connectivity index (χ1v) is 13.5.